The summed E-state index contributed by atoms with van der Waals surface area (Å²) in [4.78, 5) is 16.0. The van der Waals surface area contributed by atoms with Crippen molar-refractivity contribution in [2.75, 3.05) is 0 Å². The molecule has 0 unspecified atom stereocenters. The van der Waals surface area contributed by atoms with Crippen LogP contribution in [-0.2, 0) is 6.61 Å². The maximum Gasteiger partial charge on any atom is 0.153 e. The molecular formula is C12H9Cl2NO2S. The highest BCUT2D eigenvalue weighted by atomic mass is 35.5. The van der Waals surface area contributed by atoms with Gasteiger partial charge in [-0.2, -0.15) is 0 Å². The van der Waals surface area contributed by atoms with Gasteiger partial charge in [-0.3, -0.25) is 4.79 Å². The normalized spacial score (nSPS) is 10.4. The Kier molecular flexibility index (Phi) is 4.22. The lowest BCUT2D eigenvalue weighted by atomic mass is 10.2. The molecule has 0 aliphatic carbocycles. The number of nitrogens with zero attached hydrogens (tertiary/aromatic N) is 1. The van der Waals surface area contributed by atoms with Crippen molar-refractivity contribution in [3.63, 3.8) is 0 Å². The molecule has 2 aromatic rings. The average molecular weight is 302 g/mol. The lowest BCUT2D eigenvalue weighted by Gasteiger charge is -2.09. The number of aromatic nitrogens is 1. The molecule has 18 heavy (non-hydrogen) atoms. The van der Waals surface area contributed by atoms with Crippen LogP contribution in [-0.4, -0.2) is 11.3 Å². The molecule has 0 fully saturated rings. The summed E-state index contributed by atoms with van der Waals surface area (Å²) in [5, 5.41) is 1.69. The Morgan fingerprint density at radius 1 is 1.44 bits per heavy atom. The van der Waals surface area contributed by atoms with Crippen molar-refractivity contribution in [1.29, 1.82) is 0 Å². The third-order valence-electron chi connectivity index (χ3n) is 2.19. The number of hydrogen-bond acceptors (Lipinski definition) is 4. The molecule has 94 valence electrons. The number of carbonyl (C=O) groups is 1. The van der Waals surface area contributed by atoms with E-state index in [9.17, 15) is 4.79 Å². The maximum absolute atomic E-state index is 10.9. The third-order valence-corrected chi connectivity index (χ3v) is 3.58. The Labute approximate surface area is 118 Å². The van der Waals surface area contributed by atoms with E-state index in [2.05, 4.69) is 4.98 Å². The highest BCUT2D eigenvalue weighted by Gasteiger charge is 2.11. The van der Waals surface area contributed by atoms with E-state index < -0.39 is 0 Å². The van der Waals surface area contributed by atoms with E-state index in [0.29, 0.717) is 34.3 Å². The van der Waals surface area contributed by atoms with E-state index in [0.717, 1.165) is 9.88 Å². The Morgan fingerprint density at radius 3 is 2.83 bits per heavy atom. The Hall–Kier alpha value is -1.10. The summed E-state index contributed by atoms with van der Waals surface area (Å²) < 4.78 is 5.56. The fraction of sp³-hybridized carbons (Fsp3) is 0.167. The predicted molar refractivity (Wildman–Crippen MR) is 73.0 cm³/mol. The van der Waals surface area contributed by atoms with E-state index in [1.165, 1.54) is 17.4 Å². The zero-order valence-corrected chi connectivity index (χ0v) is 11.8. The number of hydrogen-bond donors (Lipinski definition) is 0. The van der Waals surface area contributed by atoms with Crippen molar-refractivity contribution in [2.45, 2.75) is 13.5 Å². The zero-order valence-electron chi connectivity index (χ0n) is 9.44. The Bertz CT molecular complexity index is 583. The zero-order chi connectivity index (χ0) is 13.1. The smallest absolute Gasteiger partial charge is 0.153 e. The number of benzene rings is 1. The van der Waals surface area contributed by atoms with Crippen molar-refractivity contribution < 1.29 is 9.53 Å². The van der Waals surface area contributed by atoms with Crippen molar-refractivity contribution in [2.24, 2.45) is 0 Å². The molecule has 3 nitrogen and oxygen atoms in total. The standard InChI is InChI=1S/C12H9Cl2NO2S/c1-7-15-4-10(18-7)6-17-12-8(5-16)2-9(13)3-11(12)14/h2-5H,6H2,1H3. The minimum Gasteiger partial charge on any atom is -0.486 e. The number of aryl methyl sites for hydroxylation is 1. The first kappa shape index (κ1) is 13.3. The van der Waals surface area contributed by atoms with Crippen LogP contribution in [0.3, 0.4) is 0 Å². The van der Waals surface area contributed by atoms with Crippen LogP contribution in [0.25, 0.3) is 0 Å². The number of rotatable bonds is 4. The molecule has 0 atom stereocenters. The minimum absolute atomic E-state index is 0.325. The van der Waals surface area contributed by atoms with Crippen LogP contribution < -0.4 is 4.74 Å². The summed E-state index contributed by atoms with van der Waals surface area (Å²) in [5.41, 5.74) is 0.341. The second-order valence-corrected chi connectivity index (χ2v) is 5.72. The summed E-state index contributed by atoms with van der Waals surface area (Å²) in [6.45, 7) is 2.24. The molecule has 0 aliphatic heterocycles. The highest BCUT2D eigenvalue weighted by Crippen LogP contribution is 2.32. The molecule has 1 aromatic heterocycles. The highest BCUT2D eigenvalue weighted by molar-refractivity contribution is 7.11. The SMILES string of the molecule is Cc1ncc(COc2c(Cl)cc(Cl)cc2C=O)s1. The second-order valence-electron chi connectivity index (χ2n) is 3.56. The maximum atomic E-state index is 10.9. The molecule has 1 heterocycles. The largest absolute Gasteiger partial charge is 0.486 e. The van der Waals surface area contributed by atoms with Gasteiger partial charge >= 0.3 is 0 Å². The predicted octanol–water partition coefficient (Wildman–Crippen LogP) is 4.15. The van der Waals surface area contributed by atoms with Gasteiger partial charge in [0.25, 0.3) is 0 Å². The number of carbonyl (C=O) groups excluding carboxylic acids is 1. The van der Waals surface area contributed by atoms with Crippen LogP contribution >= 0.6 is 34.5 Å². The van der Waals surface area contributed by atoms with Gasteiger partial charge in [-0.15, -0.1) is 11.3 Å². The van der Waals surface area contributed by atoms with Gasteiger partial charge in [0, 0.05) is 11.2 Å². The Balaban J connectivity index is 2.20. The van der Waals surface area contributed by atoms with E-state index in [-0.39, 0.29) is 0 Å². The summed E-state index contributed by atoms with van der Waals surface area (Å²) in [7, 11) is 0. The first-order valence-corrected chi connectivity index (χ1v) is 6.65. The van der Waals surface area contributed by atoms with Crippen molar-refractivity contribution in [3.8, 4) is 5.75 Å². The third kappa shape index (κ3) is 3.02. The second kappa shape index (κ2) is 5.69. The molecule has 0 saturated heterocycles. The van der Waals surface area contributed by atoms with E-state index in [1.807, 2.05) is 6.92 Å². The summed E-state index contributed by atoms with van der Waals surface area (Å²) in [6, 6.07) is 3.07. The lowest BCUT2D eigenvalue weighted by molar-refractivity contribution is 0.111. The van der Waals surface area contributed by atoms with Crippen LogP contribution in [0.15, 0.2) is 18.3 Å². The molecule has 6 heteroatoms. The van der Waals surface area contributed by atoms with Gasteiger partial charge in [0.2, 0.25) is 0 Å². The van der Waals surface area contributed by atoms with Gasteiger partial charge in [0.1, 0.15) is 12.4 Å². The van der Waals surface area contributed by atoms with Crippen LogP contribution in [0.1, 0.15) is 20.2 Å². The molecule has 0 bridgehead atoms. The van der Waals surface area contributed by atoms with Gasteiger partial charge in [-0.05, 0) is 19.1 Å². The van der Waals surface area contributed by atoms with E-state index in [1.54, 1.807) is 12.3 Å². The first-order valence-electron chi connectivity index (χ1n) is 5.08. The summed E-state index contributed by atoms with van der Waals surface area (Å²) in [6.07, 6.45) is 2.41. The number of aldehydes is 1. The molecule has 0 spiro atoms. The molecule has 0 radical (unpaired) electrons. The van der Waals surface area contributed by atoms with E-state index >= 15 is 0 Å². The van der Waals surface area contributed by atoms with Gasteiger partial charge < -0.3 is 4.74 Å². The molecule has 0 aliphatic rings. The fourth-order valence-electron chi connectivity index (χ4n) is 1.44. The van der Waals surface area contributed by atoms with E-state index in [4.69, 9.17) is 27.9 Å². The van der Waals surface area contributed by atoms with Gasteiger partial charge in [0.05, 0.1) is 20.5 Å². The van der Waals surface area contributed by atoms with Gasteiger partial charge in [-0.25, -0.2) is 4.98 Å². The fourth-order valence-corrected chi connectivity index (χ4v) is 2.71. The van der Waals surface area contributed by atoms with Gasteiger partial charge in [-0.1, -0.05) is 23.2 Å². The van der Waals surface area contributed by atoms with Crippen LogP contribution in [0.2, 0.25) is 10.0 Å². The minimum atomic E-state index is 0.325. The molecule has 2 rings (SSSR count). The summed E-state index contributed by atoms with van der Waals surface area (Å²) >= 11 is 13.4. The quantitative estimate of drug-likeness (QED) is 0.796. The molecular weight excluding hydrogens is 293 g/mol. The average Bonchev–Trinajstić information content (AvgIpc) is 2.73. The molecule has 0 amide bonds. The number of thiazole rings is 1. The van der Waals surface area contributed by atoms with Crippen molar-refractivity contribution in [1.82, 2.24) is 4.98 Å². The first-order chi connectivity index (χ1) is 8.60. The Morgan fingerprint density at radius 2 is 2.22 bits per heavy atom. The molecule has 1 aromatic carbocycles. The number of halogens is 2. The van der Waals surface area contributed by atoms with Crippen LogP contribution in [0.5, 0.6) is 5.75 Å². The van der Waals surface area contributed by atoms with Gasteiger partial charge in [0.15, 0.2) is 6.29 Å². The topological polar surface area (TPSA) is 39.2 Å². The van der Waals surface area contributed by atoms with Crippen LogP contribution in [0.4, 0.5) is 0 Å². The summed E-state index contributed by atoms with van der Waals surface area (Å²) in [5.74, 6) is 0.349. The monoisotopic (exact) mass is 301 g/mol. The van der Waals surface area contributed by atoms with Crippen molar-refractivity contribution >= 4 is 40.8 Å². The molecule has 0 N–H and O–H groups in total. The lowest BCUT2D eigenvalue weighted by Crippen LogP contribution is -1.97. The van der Waals surface area contributed by atoms with Crippen LogP contribution in [0, 0.1) is 6.92 Å². The molecule has 0 saturated carbocycles. The van der Waals surface area contributed by atoms with Crippen molar-refractivity contribution in [3.05, 3.63) is 43.8 Å². The number of ether oxygens (including phenoxy) is 1.